The first kappa shape index (κ1) is 23.4. The summed E-state index contributed by atoms with van der Waals surface area (Å²) in [7, 11) is 0. The van der Waals surface area contributed by atoms with Crippen molar-refractivity contribution < 1.29 is 19.1 Å². The summed E-state index contributed by atoms with van der Waals surface area (Å²) in [4.78, 5) is 24.2. The molecular weight excluding hydrogens is 405 g/mol. The number of thioether (sulfide) groups is 1. The van der Waals surface area contributed by atoms with Gasteiger partial charge in [0.05, 0.1) is 12.6 Å². The van der Waals surface area contributed by atoms with Gasteiger partial charge in [-0.25, -0.2) is 4.39 Å². The molecule has 0 saturated carbocycles. The van der Waals surface area contributed by atoms with Crippen LogP contribution in [0.2, 0.25) is 0 Å². The van der Waals surface area contributed by atoms with Crippen molar-refractivity contribution in [2.75, 3.05) is 5.75 Å². The number of nitrogens with two attached hydrogens (primary N) is 1. The zero-order chi connectivity index (χ0) is 21.8. The Balaban J connectivity index is 1.73. The Morgan fingerprint density at radius 3 is 2.47 bits per heavy atom. The van der Waals surface area contributed by atoms with E-state index in [0.29, 0.717) is 18.6 Å². The van der Waals surface area contributed by atoms with Gasteiger partial charge in [-0.1, -0.05) is 24.3 Å². The van der Waals surface area contributed by atoms with E-state index in [0.717, 1.165) is 23.3 Å². The van der Waals surface area contributed by atoms with Crippen LogP contribution in [0.15, 0.2) is 58.5 Å². The van der Waals surface area contributed by atoms with Crippen LogP contribution in [0.1, 0.15) is 36.8 Å². The molecule has 8 heteroatoms. The average Bonchev–Trinajstić information content (AvgIpc) is 2.71. The lowest BCUT2D eigenvalue weighted by Crippen LogP contribution is -2.38. The van der Waals surface area contributed by atoms with E-state index in [9.17, 15) is 14.0 Å². The van der Waals surface area contributed by atoms with E-state index in [1.165, 1.54) is 29.5 Å². The number of carboxylic acids is 1. The number of carboxylic acid groups (broad SMARTS) is 1. The fourth-order valence-corrected chi connectivity index (χ4v) is 3.78. The molecule has 0 heterocycles. The Labute approximate surface area is 179 Å². The molecule has 2 aromatic carbocycles. The number of aryl methyl sites for hydroxylation is 1. The summed E-state index contributed by atoms with van der Waals surface area (Å²) in [5.74, 6) is 4.08. The molecule has 1 amide bonds. The lowest BCUT2D eigenvalue weighted by atomic mass is 10.1. The van der Waals surface area contributed by atoms with Crippen LogP contribution in [0, 0.1) is 5.82 Å². The fraction of sp³-hybridized carbons (Fsp3) is 0.318. The number of unbranched alkanes of at least 4 members (excludes halogenated alkanes) is 1. The Bertz CT molecular complexity index is 842. The zero-order valence-corrected chi connectivity index (χ0v) is 17.4. The second-order valence-corrected chi connectivity index (χ2v) is 7.95. The normalized spacial score (nSPS) is 12.0. The maximum Gasteiger partial charge on any atom is 0.305 e. The van der Waals surface area contributed by atoms with Crippen molar-refractivity contribution in [3.8, 4) is 0 Å². The molecule has 0 aliphatic carbocycles. The van der Waals surface area contributed by atoms with Crippen LogP contribution in [-0.2, 0) is 16.0 Å². The van der Waals surface area contributed by atoms with Crippen molar-refractivity contribution in [1.82, 2.24) is 5.32 Å². The molecule has 2 aromatic rings. The highest BCUT2D eigenvalue weighted by Crippen LogP contribution is 2.20. The van der Waals surface area contributed by atoms with Crippen molar-refractivity contribution in [3.63, 3.8) is 0 Å². The average molecular weight is 432 g/mol. The molecule has 0 aliphatic heterocycles. The number of halogens is 1. The quantitative estimate of drug-likeness (QED) is 0.157. The molecule has 0 radical (unpaired) electrons. The number of rotatable bonds is 12. The van der Waals surface area contributed by atoms with Crippen LogP contribution < -0.4 is 11.2 Å². The van der Waals surface area contributed by atoms with Crippen molar-refractivity contribution in [2.45, 2.75) is 43.0 Å². The van der Waals surface area contributed by atoms with Crippen LogP contribution >= 0.6 is 11.8 Å². The van der Waals surface area contributed by atoms with Gasteiger partial charge in [-0.05, 0) is 54.7 Å². The summed E-state index contributed by atoms with van der Waals surface area (Å²) in [6.07, 6.45) is 4.18. The van der Waals surface area contributed by atoms with Crippen LogP contribution in [-0.4, -0.2) is 35.0 Å². The third kappa shape index (κ3) is 9.09. The van der Waals surface area contributed by atoms with Crippen molar-refractivity contribution >= 4 is 29.9 Å². The molecular formula is C22H26FN3O3S. The van der Waals surface area contributed by atoms with E-state index in [-0.39, 0.29) is 18.1 Å². The van der Waals surface area contributed by atoms with Gasteiger partial charge in [0, 0.05) is 23.1 Å². The Morgan fingerprint density at radius 1 is 1.13 bits per heavy atom. The predicted octanol–water partition coefficient (Wildman–Crippen LogP) is 3.58. The molecule has 0 fully saturated rings. The maximum atomic E-state index is 13.0. The van der Waals surface area contributed by atoms with Gasteiger partial charge in [0.25, 0.3) is 0 Å². The molecule has 1 unspecified atom stereocenters. The van der Waals surface area contributed by atoms with Gasteiger partial charge in [0.1, 0.15) is 5.82 Å². The number of hydrogen-bond acceptors (Lipinski definition) is 5. The lowest BCUT2D eigenvalue weighted by molar-refractivity contribution is -0.137. The van der Waals surface area contributed by atoms with Crippen LogP contribution in [0.4, 0.5) is 4.39 Å². The van der Waals surface area contributed by atoms with Gasteiger partial charge in [-0.3, -0.25) is 9.59 Å². The van der Waals surface area contributed by atoms with Gasteiger partial charge in [-0.15, -0.1) is 11.8 Å². The molecule has 4 N–H and O–H groups in total. The molecule has 0 aromatic heterocycles. The number of aliphatic carboxylic acids is 1. The highest BCUT2D eigenvalue weighted by molar-refractivity contribution is 7.99. The van der Waals surface area contributed by atoms with Gasteiger partial charge < -0.3 is 16.3 Å². The number of amides is 1. The van der Waals surface area contributed by atoms with Crippen LogP contribution in [0.5, 0.6) is 0 Å². The maximum absolute atomic E-state index is 13.0. The topological polar surface area (TPSA) is 105 Å². The number of hydrazone groups is 1. The summed E-state index contributed by atoms with van der Waals surface area (Å²) in [6.45, 7) is 0. The van der Waals surface area contributed by atoms with E-state index < -0.39 is 12.0 Å². The van der Waals surface area contributed by atoms with E-state index in [1.807, 2.05) is 24.3 Å². The monoisotopic (exact) mass is 431 g/mol. The van der Waals surface area contributed by atoms with Gasteiger partial charge >= 0.3 is 5.97 Å². The van der Waals surface area contributed by atoms with Gasteiger partial charge in [-0.2, -0.15) is 5.10 Å². The third-order valence-electron chi connectivity index (χ3n) is 4.37. The van der Waals surface area contributed by atoms with E-state index in [2.05, 4.69) is 10.4 Å². The highest BCUT2D eigenvalue weighted by Gasteiger charge is 2.16. The summed E-state index contributed by atoms with van der Waals surface area (Å²) in [5, 5.41) is 15.4. The smallest absolute Gasteiger partial charge is 0.305 e. The highest BCUT2D eigenvalue weighted by atomic mass is 32.2. The lowest BCUT2D eigenvalue weighted by Gasteiger charge is -2.16. The van der Waals surface area contributed by atoms with E-state index >= 15 is 0 Å². The predicted molar refractivity (Wildman–Crippen MR) is 117 cm³/mol. The molecule has 6 nitrogen and oxygen atoms in total. The number of carbonyl (C=O) groups excluding carboxylic acids is 1. The molecule has 1 atom stereocenters. The summed E-state index contributed by atoms with van der Waals surface area (Å²) >= 11 is 1.39. The van der Waals surface area contributed by atoms with Crippen LogP contribution in [0.3, 0.4) is 0 Å². The zero-order valence-electron chi connectivity index (χ0n) is 16.6. The minimum absolute atomic E-state index is 0.154. The van der Waals surface area contributed by atoms with Crippen LogP contribution in [0.25, 0.3) is 0 Å². The minimum Gasteiger partial charge on any atom is -0.481 e. The number of hydrogen-bond donors (Lipinski definition) is 3. The molecule has 0 bridgehead atoms. The molecule has 160 valence electrons. The largest absolute Gasteiger partial charge is 0.481 e. The first-order chi connectivity index (χ1) is 14.5. The van der Waals surface area contributed by atoms with Crippen molar-refractivity contribution in [3.05, 3.63) is 65.5 Å². The van der Waals surface area contributed by atoms with E-state index in [1.54, 1.807) is 18.3 Å². The Morgan fingerprint density at radius 2 is 1.83 bits per heavy atom. The number of nitrogens with one attached hydrogen (secondary N) is 1. The molecule has 0 saturated heterocycles. The standard InChI is InChI=1S/C22H26FN3O3S/c23-18-9-11-20(12-10-18)30-15-19(13-22(28)29)26-21(27)4-2-1-3-16-5-7-17(8-6-16)14-25-24/h5-12,14,19H,1-4,13,15,24H2,(H,26,27)(H,28,29). The van der Waals surface area contributed by atoms with Gasteiger partial charge in [0.15, 0.2) is 0 Å². The Hall–Kier alpha value is -2.87. The summed E-state index contributed by atoms with van der Waals surface area (Å²) in [5.41, 5.74) is 2.10. The number of carbonyl (C=O) groups is 2. The summed E-state index contributed by atoms with van der Waals surface area (Å²) < 4.78 is 13.0. The second kappa shape index (κ2) is 12.6. The second-order valence-electron chi connectivity index (χ2n) is 6.85. The molecule has 0 spiro atoms. The third-order valence-corrected chi connectivity index (χ3v) is 5.55. The fourth-order valence-electron chi connectivity index (χ4n) is 2.86. The van der Waals surface area contributed by atoms with E-state index in [4.69, 9.17) is 10.9 Å². The number of benzene rings is 2. The molecule has 30 heavy (non-hydrogen) atoms. The SMILES string of the molecule is NN=Cc1ccc(CCCCC(=O)NC(CSc2ccc(F)cc2)CC(=O)O)cc1. The van der Waals surface area contributed by atoms with Crippen molar-refractivity contribution in [2.24, 2.45) is 10.9 Å². The first-order valence-corrected chi connectivity index (χ1v) is 10.7. The number of nitrogens with zero attached hydrogens (tertiary/aromatic N) is 1. The molecule has 2 rings (SSSR count). The summed E-state index contributed by atoms with van der Waals surface area (Å²) in [6, 6.07) is 13.4. The van der Waals surface area contributed by atoms with Crippen molar-refractivity contribution in [1.29, 1.82) is 0 Å². The Kier molecular flexibility index (Phi) is 9.86. The first-order valence-electron chi connectivity index (χ1n) is 9.68. The van der Waals surface area contributed by atoms with Gasteiger partial charge in [0.2, 0.25) is 5.91 Å². The minimum atomic E-state index is -0.969. The molecule has 0 aliphatic rings.